The molecular weight excluding hydrogens is 793 g/mol. The van der Waals surface area contributed by atoms with Gasteiger partial charge < -0.3 is 30.3 Å². The lowest BCUT2D eigenvalue weighted by atomic mass is 9.83. The molecule has 2 aliphatic carbocycles. The largest absolute Gasteiger partial charge is 0.496 e. The van der Waals surface area contributed by atoms with Gasteiger partial charge in [0.15, 0.2) is 11.3 Å². The van der Waals surface area contributed by atoms with Crippen LogP contribution in [0.1, 0.15) is 98.0 Å². The molecule has 18 nitrogen and oxygen atoms in total. The number of ether oxygens (including phenoxy) is 2. The molecule has 2 aliphatic rings. The van der Waals surface area contributed by atoms with Crippen LogP contribution in [0.4, 0.5) is 11.4 Å². The predicted octanol–water partition coefficient (Wildman–Crippen LogP) is 6.41. The minimum absolute atomic E-state index is 0.129. The van der Waals surface area contributed by atoms with Gasteiger partial charge in [-0.3, -0.25) is 19.0 Å². The lowest BCUT2D eigenvalue weighted by Crippen LogP contribution is -2.33. The summed E-state index contributed by atoms with van der Waals surface area (Å²) in [6.45, 7) is 3.76. The molecule has 2 amide bonds. The molecule has 2 aromatic carbocycles. The van der Waals surface area contributed by atoms with E-state index in [2.05, 4.69) is 30.8 Å². The molecule has 6 aromatic heterocycles. The summed E-state index contributed by atoms with van der Waals surface area (Å²) < 4.78 is 18.0. The molecule has 0 bridgehead atoms. The van der Waals surface area contributed by atoms with E-state index in [0.29, 0.717) is 58.1 Å². The van der Waals surface area contributed by atoms with Crippen molar-refractivity contribution in [3.63, 3.8) is 0 Å². The van der Waals surface area contributed by atoms with Gasteiger partial charge in [0.05, 0.1) is 72.1 Å². The van der Waals surface area contributed by atoms with Gasteiger partial charge in [-0.25, -0.2) is 19.0 Å². The third-order valence-electron chi connectivity index (χ3n) is 11.8. The van der Waals surface area contributed by atoms with Gasteiger partial charge in [0.2, 0.25) is 0 Å². The fraction of sp³-hybridized carbons (Fsp3) is 0.364. The first-order chi connectivity index (χ1) is 29.9. The van der Waals surface area contributed by atoms with Crippen LogP contribution in [0, 0.1) is 0 Å². The summed E-state index contributed by atoms with van der Waals surface area (Å²) in [4.78, 5) is 34.6. The molecule has 4 N–H and O–H groups in total. The van der Waals surface area contributed by atoms with E-state index in [9.17, 15) is 19.8 Å². The van der Waals surface area contributed by atoms with Crippen molar-refractivity contribution < 1.29 is 29.3 Å². The maximum Gasteiger partial charge on any atom is 0.259 e. The molecule has 0 radical (unpaired) electrons. The Hall–Kier alpha value is -6.92. The smallest absolute Gasteiger partial charge is 0.259 e. The van der Waals surface area contributed by atoms with E-state index < -0.39 is 11.2 Å². The molecule has 8 aromatic rings. The number of fused-ring (bicyclic) bond motifs is 4. The van der Waals surface area contributed by atoms with E-state index in [1.54, 1.807) is 82.6 Å². The van der Waals surface area contributed by atoms with Crippen LogP contribution in [-0.4, -0.2) is 96.2 Å². The quantitative estimate of drug-likeness (QED) is 0.131. The molecule has 2 fully saturated rings. The number of carbonyl (C=O) groups excluding carboxylic acids is 2. The van der Waals surface area contributed by atoms with Crippen molar-refractivity contribution in [2.75, 3.05) is 24.9 Å². The number of benzene rings is 2. The number of amides is 2. The summed E-state index contributed by atoms with van der Waals surface area (Å²) in [5.41, 5.74) is 3.12. The molecule has 0 spiro atoms. The van der Waals surface area contributed by atoms with Gasteiger partial charge >= 0.3 is 0 Å². The van der Waals surface area contributed by atoms with Gasteiger partial charge in [0.1, 0.15) is 22.9 Å². The molecule has 18 heteroatoms. The normalized spacial score (nSPS) is 21.5. The topological polar surface area (TPSA) is 213 Å². The van der Waals surface area contributed by atoms with Crippen LogP contribution in [0.2, 0.25) is 0 Å². The Bertz CT molecular complexity index is 2750. The van der Waals surface area contributed by atoms with Crippen molar-refractivity contribution in [3.05, 3.63) is 97.1 Å². The van der Waals surface area contributed by atoms with E-state index in [4.69, 9.17) is 19.7 Å². The lowest BCUT2D eigenvalue weighted by molar-refractivity contribution is 0.00142. The van der Waals surface area contributed by atoms with Crippen LogP contribution < -0.4 is 20.1 Å². The monoisotopic (exact) mass is 840 g/mol. The molecule has 2 saturated carbocycles. The Labute approximate surface area is 355 Å². The summed E-state index contributed by atoms with van der Waals surface area (Å²) in [6, 6.07) is 10.9. The Morgan fingerprint density at radius 3 is 1.53 bits per heavy atom. The van der Waals surface area contributed by atoms with Crippen LogP contribution in [0.25, 0.3) is 33.1 Å². The molecular formula is C44H48N12O6. The van der Waals surface area contributed by atoms with Crippen molar-refractivity contribution >= 4 is 56.3 Å². The minimum Gasteiger partial charge on any atom is -0.496 e. The first-order valence-corrected chi connectivity index (χ1v) is 20.6. The van der Waals surface area contributed by atoms with Gasteiger partial charge in [-0.2, -0.15) is 20.4 Å². The summed E-state index contributed by atoms with van der Waals surface area (Å²) in [7, 11) is 3.06. The number of aromatic nitrogens is 10. The van der Waals surface area contributed by atoms with E-state index in [1.807, 2.05) is 35.6 Å². The number of nitrogens with one attached hydrogen (secondary N) is 2. The van der Waals surface area contributed by atoms with Crippen molar-refractivity contribution in [2.45, 2.75) is 88.5 Å². The van der Waals surface area contributed by atoms with E-state index in [0.717, 1.165) is 60.3 Å². The highest BCUT2D eigenvalue weighted by molar-refractivity contribution is 6.10. The maximum atomic E-state index is 13.1. The van der Waals surface area contributed by atoms with Gasteiger partial charge in [0, 0.05) is 60.1 Å². The average Bonchev–Trinajstić information content (AvgIpc) is 4.07. The zero-order valence-corrected chi connectivity index (χ0v) is 34.9. The zero-order valence-electron chi connectivity index (χ0n) is 34.9. The predicted molar refractivity (Wildman–Crippen MR) is 231 cm³/mol. The third kappa shape index (κ3) is 8.13. The highest BCUT2D eigenvalue weighted by atomic mass is 16.5. The second kappa shape index (κ2) is 16.2. The SMILES string of the molecule is COc1cc2nn([C@H]3CCC[C@](C)(O)C3)cc2cc1C(=O)Nc1cnn2cccnc12.COc1cc2nn([C@H]3CCC[C@](C)(O)C3)cc2cc1C(=O)Nc1cnn2cccnc12. The van der Waals surface area contributed by atoms with Gasteiger partial charge in [0.25, 0.3) is 11.8 Å². The summed E-state index contributed by atoms with van der Waals surface area (Å²) in [6.07, 6.45) is 20.6. The van der Waals surface area contributed by atoms with Gasteiger partial charge in [-0.1, -0.05) is 0 Å². The Balaban J connectivity index is 0.000000158. The van der Waals surface area contributed by atoms with Gasteiger partial charge in [-0.05, 0) is 89.5 Å². The van der Waals surface area contributed by atoms with Crippen molar-refractivity contribution in [1.29, 1.82) is 0 Å². The first kappa shape index (κ1) is 40.5. The minimum atomic E-state index is -0.674. The van der Waals surface area contributed by atoms with E-state index in [-0.39, 0.29) is 23.9 Å². The number of hydrogen-bond donors (Lipinski definition) is 4. The second-order valence-electron chi connectivity index (χ2n) is 16.7. The summed E-state index contributed by atoms with van der Waals surface area (Å²) in [5.74, 6) is 0.256. The Morgan fingerprint density at radius 2 is 1.13 bits per heavy atom. The fourth-order valence-corrected chi connectivity index (χ4v) is 8.73. The molecule has 0 unspecified atom stereocenters. The second-order valence-corrected chi connectivity index (χ2v) is 16.7. The number of carbonyl (C=O) groups is 2. The molecule has 0 saturated heterocycles. The molecule has 4 atom stereocenters. The number of rotatable bonds is 8. The van der Waals surface area contributed by atoms with Crippen molar-refractivity contribution in [2.24, 2.45) is 0 Å². The highest BCUT2D eigenvalue weighted by Crippen LogP contribution is 2.38. The summed E-state index contributed by atoms with van der Waals surface area (Å²) >= 11 is 0. The molecule has 320 valence electrons. The Kier molecular flexibility index (Phi) is 10.6. The summed E-state index contributed by atoms with van der Waals surface area (Å²) in [5, 5.41) is 46.1. The van der Waals surface area contributed by atoms with Crippen molar-refractivity contribution in [3.8, 4) is 11.5 Å². The molecule has 10 rings (SSSR count). The van der Waals surface area contributed by atoms with E-state index >= 15 is 0 Å². The van der Waals surface area contributed by atoms with Crippen LogP contribution in [0.15, 0.2) is 86.0 Å². The fourth-order valence-electron chi connectivity index (χ4n) is 8.73. The van der Waals surface area contributed by atoms with Gasteiger partial charge in [-0.15, -0.1) is 0 Å². The highest BCUT2D eigenvalue weighted by Gasteiger charge is 2.33. The molecule has 62 heavy (non-hydrogen) atoms. The van der Waals surface area contributed by atoms with Crippen LogP contribution >= 0.6 is 0 Å². The van der Waals surface area contributed by atoms with Crippen LogP contribution in [0.3, 0.4) is 0 Å². The third-order valence-corrected chi connectivity index (χ3v) is 11.8. The number of aliphatic hydroxyl groups is 2. The Morgan fingerprint density at radius 1 is 0.694 bits per heavy atom. The number of hydrogen-bond acceptors (Lipinski definition) is 12. The first-order valence-electron chi connectivity index (χ1n) is 20.6. The van der Waals surface area contributed by atoms with Crippen LogP contribution in [0.5, 0.6) is 11.5 Å². The zero-order chi connectivity index (χ0) is 43.2. The molecule has 0 aliphatic heterocycles. The number of methoxy groups -OCH3 is 2. The van der Waals surface area contributed by atoms with Crippen molar-refractivity contribution in [1.82, 2.24) is 48.8 Å². The van der Waals surface area contributed by atoms with Crippen LogP contribution in [-0.2, 0) is 0 Å². The maximum absolute atomic E-state index is 13.1. The average molecular weight is 841 g/mol. The molecule has 6 heterocycles. The van der Waals surface area contributed by atoms with E-state index in [1.165, 1.54) is 14.2 Å². The number of anilines is 2. The number of nitrogens with zero attached hydrogens (tertiary/aromatic N) is 10. The standard InChI is InChI=1S/2C22H24N6O3/c2*1-22(30)6-3-5-15(11-22)28-13-14-9-16(19(31-2)10-17(14)26-28)21(29)25-18-12-24-27-8-4-7-23-20(18)27/h2*4,7-10,12-13,15,30H,3,5-6,11H2,1-2H3,(H,25,29)/t2*15-,22-/m00/s1. The lowest BCUT2D eigenvalue weighted by Gasteiger charge is -2.33.